The summed E-state index contributed by atoms with van der Waals surface area (Å²) in [5.74, 6) is -1.83. The van der Waals surface area contributed by atoms with Gasteiger partial charge in [-0.1, -0.05) is 42.5 Å². The Morgan fingerprint density at radius 2 is 1.85 bits per heavy atom. The first-order chi connectivity index (χ1) is 12.3. The van der Waals surface area contributed by atoms with E-state index in [1.54, 1.807) is 12.1 Å². The fourth-order valence-electron chi connectivity index (χ4n) is 3.17. The van der Waals surface area contributed by atoms with Crippen molar-refractivity contribution in [2.45, 2.75) is 6.92 Å². The van der Waals surface area contributed by atoms with Gasteiger partial charge in [0.25, 0.3) is 5.69 Å². The highest BCUT2D eigenvalue weighted by molar-refractivity contribution is 6.13. The third-order valence-electron chi connectivity index (χ3n) is 4.32. The summed E-state index contributed by atoms with van der Waals surface area (Å²) in [6.07, 6.45) is 0. The van der Waals surface area contributed by atoms with Gasteiger partial charge in [-0.3, -0.25) is 15.5 Å². The Labute approximate surface area is 148 Å². The van der Waals surface area contributed by atoms with E-state index in [9.17, 15) is 20.0 Å². The number of nitrogens with zero attached hydrogens (tertiary/aromatic N) is 1. The topological polar surface area (TPSA) is 130 Å². The summed E-state index contributed by atoms with van der Waals surface area (Å²) >= 11 is 0. The van der Waals surface area contributed by atoms with Crippen molar-refractivity contribution in [1.29, 1.82) is 5.41 Å². The van der Waals surface area contributed by atoms with E-state index in [2.05, 4.69) is 0 Å². The molecule has 7 heteroatoms. The number of rotatable bonds is 4. The first kappa shape index (κ1) is 17.1. The smallest absolute Gasteiger partial charge is 0.337 e. The van der Waals surface area contributed by atoms with E-state index >= 15 is 0 Å². The summed E-state index contributed by atoms with van der Waals surface area (Å²) in [7, 11) is 0. The highest BCUT2D eigenvalue weighted by atomic mass is 16.6. The summed E-state index contributed by atoms with van der Waals surface area (Å²) in [6, 6.07) is 13.8. The summed E-state index contributed by atoms with van der Waals surface area (Å²) < 4.78 is 0. The van der Waals surface area contributed by atoms with Crippen LogP contribution in [0.2, 0.25) is 0 Å². The molecule has 0 fully saturated rings. The summed E-state index contributed by atoms with van der Waals surface area (Å²) in [6.45, 7) is 1.51. The van der Waals surface area contributed by atoms with Gasteiger partial charge < -0.3 is 10.8 Å². The average Bonchev–Trinajstić information content (AvgIpc) is 2.60. The molecule has 0 unspecified atom stereocenters. The van der Waals surface area contributed by atoms with Crippen molar-refractivity contribution in [1.82, 2.24) is 0 Å². The van der Waals surface area contributed by atoms with Crippen molar-refractivity contribution in [3.63, 3.8) is 0 Å². The van der Waals surface area contributed by atoms with Gasteiger partial charge in [-0.05, 0) is 23.3 Å². The molecule has 0 atom stereocenters. The normalized spacial score (nSPS) is 10.7. The number of nitrogens with two attached hydrogens (primary N) is 1. The van der Waals surface area contributed by atoms with Gasteiger partial charge in [-0.15, -0.1) is 0 Å². The number of carbonyl (C=O) groups is 1. The van der Waals surface area contributed by atoms with Gasteiger partial charge >= 0.3 is 5.97 Å². The number of fused-ring (bicyclic) bond motifs is 1. The predicted molar refractivity (Wildman–Crippen MR) is 98.8 cm³/mol. The first-order valence-electron chi connectivity index (χ1n) is 7.70. The monoisotopic (exact) mass is 349 g/mol. The van der Waals surface area contributed by atoms with Gasteiger partial charge in [-0.25, -0.2) is 4.79 Å². The fraction of sp³-hybridized carbons (Fsp3) is 0.0526. The molecule has 0 bridgehead atoms. The number of benzene rings is 3. The van der Waals surface area contributed by atoms with Gasteiger partial charge in [0.1, 0.15) is 5.84 Å². The summed E-state index contributed by atoms with van der Waals surface area (Å²) in [4.78, 5) is 22.8. The molecule has 4 N–H and O–H groups in total. The maximum Gasteiger partial charge on any atom is 0.337 e. The van der Waals surface area contributed by atoms with Crippen LogP contribution in [0.4, 0.5) is 5.69 Å². The number of hydrogen-bond donors (Lipinski definition) is 3. The predicted octanol–water partition coefficient (Wildman–Crippen LogP) is 3.71. The zero-order valence-electron chi connectivity index (χ0n) is 13.8. The number of nitrogen functional groups attached to an aromatic ring is 1. The Bertz CT molecular complexity index is 1080. The molecule has 0 amide bonds. The number of carboxylic acid groups (broad SMARTS) is 1. The molecule has 130 valence electrons. The van der Waals surface area contributed by atoms with Crippen LogP contribution in [0, 0.1) is 22.4 Å². The highest BCUT2D eigenvalue weighted by Gasteiger charge is 2.28. The zero-order chi connectivity index (χ0) is 19.0. The van der Waals surface area contributed by atoms with E-state index in [0.29, 0.717) is 5.56 Å². The van der Waals surface area contributed by atoms with Crippen molar-refractivity contribution in [3.8, 4) is 11.1 Å². The number of carboxylic acids is 1. The molecule has 3 rings (SSSR count). The number of hydrogen-bond acceptors (Lipinski definition) is 4. The van der Waals surface area contributed by atoms with Crippen LogP contribution in [0.15, 0.2) is 48.5 Å². The van der Waals surface area contributed by atoms with E-state index in [4.69, 9.17) is 11.1 Å². The Kier molecular flexibility index (Phi) is 4.13. The largest absolute Gasteiger partial charge is 0.478 e. The lowest BCUT2D eigenvalue weighted by Crippen LogP contribution is -2.18. The number of amidine groups is 1. The molecule has 0 radical (unpaired) electrons. The number of nitro groups is 1. The molecule has 0 aliphatic carbocycles. The van der Waals surface area contributed by atoms with Crippen LogP contribution >= 0.6 is 0 Å². The molecule has 7 nitrogen and oxygen atoms in total. The van der Waals surface area contributed by atoms with E-state index < -0.39 is 16.7 Å². The Morgan fingerprint density at radius 1 is 1.19 bits per heavy atom. The van der Waals surface area contributed by atoms with Gasteiger partial charge in [0, 0.05) is 22.8 Å². The summed E-state index contributed by atoms with van der Waals surface area (Å²) in [5.41, 5.74) is 5.84. The van der Waals surface area contributed by atoms with Crippen molar-refractivity contribution >= 4 is 28.3 Å². The van der Waals surface area contributed by atoms with Crippen LogP contribution in [0.3, 0.4) is 0 Å². The Hall–Kier alpha value is -3.74. The molecule has 3 aromatic rings. The molecule has 0 aromatic heterocycles. The van der Waals surface area contributed by atoms with E-state index in [-0.39, 0.29) is 27.9 Å². The molecule has 0 saturated carbocycles. The van der Waals surface area contributed by atoms with Crippen molar-refractivity contribution in [2.24, 2.45) is 5.73 Å². The van der Waals surface area contributed by atoms with Gasteiger partial charge in [0.05, 0.1) is 10.5 Å². The lowest BCUT2D eigenvalue weighted by atomic mass is 9.87. The molecule has 0 heterocycles. The highest BCUT2D eigenvalue weighted by Crippen LogP contribution is 2.39. The fourth-order valence-corrected chi connectivity index (χ4v) is 3.17. The third-order valence-corrected chi connectivity index (χ3v) is 4.32. The summed E-state index contributed by atoms with van der Waals surface area (Å²) in [5, 5.41) is 30.6. The van der Waals surface area contributed by atoms with E-state index in [1.807, 2.05) is 30.3 Å². The standard InChI is InChI=1S/C19H15N3O4/c1-10-15(22(25)26)9-14(18(20)21)17(19(23)24)16(10)13-8-4-6-11-5-2-3-7-12(11)13/h2-9H,1H3,(H3,20,21)(H,23,24). The molecular weight excluding hydrogens is 334 g/mol. The minimum atomic E-state index is -1.30. The van der Waals surface area contributed by atoms with Gasteiger partial charge in [-0.2, -0.15) is 0 Å². The number of nitrogens with one attached hydrogen (secondary N) is 1. The Balaban J connectivity index is 2.55. The van der Waals surface area contributed by atoms with E-state index in [1.165, 1.54) is 6.92 Å². The quantitative estimate of drug-likeness (QED) is 0.286. The lowest BCUT2D eigenvalue weighted by molar-refractivity contribution is -0.385. The number of nitro benzene ring substituents is 1. The maximum absolute atomic E-state index is 12.0. The molecule has 0 saturated heterocycles. The van der Waals surface area contributed by atoms with Crippen LogP contribution in [-0.2, 0) is 0 Å². The second-order valence-electron chi connectivity index (χ2n) is 5.82. The Morgan fingerprint density at radius 3 is 2.46 bits per heavy atom. The maximum atomic E-state index is 12.0. The minimum Gasteiger partial charge on any atom is -0.478 e. The zero-order valence-corrected chi connectivity index (χ0v) is 13.8. The van der Waals surface area contributed by atoms with Gasteiger partial charge in [0.2, 0.25) is 0 Å². The molecule has 0 aliphatic heterocycles. The van der Waals surface area contributed by atoms with Crippen LogP contribution in [0.1, 0.15) is 21.5 Å². The van der Waals surface area contributed by atoms with Crippen molar-refractivity contribution in [2.75, 3.05) is 0 Å². The molecule has 0 aliphatic rings. The third kappa shape index (κ3) is 2.65. The van der Waals surface area contributed by atoms with Crippen LogP contribution in [0.5, 0.6) is 0 Å². The molecule has 26 heavy (non-hydrogen) atoms. The molecule has 0 spiro atoms. The average molecular weight is 349 g/mol. The van der Waals surface area contributed by atoms with Crippen molar-refractivity contribution < 1.29 is 14.8 Å². The number of aromatic carboxylic acids is 1. The van der Waals surface area contributed by atoms with Crippen LogP contribution < -0.4 is 5.73 Å². The molecule has 3 aromatic carbocycles. The first-order valence-corrected chi connectivity index (χ1v) is 7.70. The van der Waals surface area contributed by atoms with E-state index in [0.717, 1.165) is 16.8 Å². The second kappa shape index (κ2) is 6.29. The van der Waals surface area contributed by atoms with Crippen LogP contribution in [-0.4, -0.2) is 21.8 Å². The van der Waals surface area contributed by atoms with Crippen molar-refractivity contribution in [3.05, 3.63) is 75.3 Å². The van der Waals surface area contributed by atoms with Crippen LogP contribution in [0.25, 0.3) is 21.9 Å². The van der Waals surface area contributed by atoms with Gasteiger partial charge in [0.15, 0.2) is 0 Å². The lowest BCUT2D eigenvalue weighted by Gasteiger charge is -2.16. The SMILES string of the molecule is Cc1c([N+](=O)[O-])cc(C(=N)N)c(C(=O)O)c1-c1cccc2ccccc12. The molecular formula is C19H15N3O4. The minimum absolute atomic E-state index is 0.169. The second-order valence-corrected chi connectivity index (χ2v) is 5.82.